The summed E-state index contributed by atoms with van der Waals surface area (Å²) in [5, 5.41) is 19.3. The van der Waals surface area contributed by atoms with E-state index in [1.807, 2.05) is 0 Å². The molecule has 0 amide bonds. The van der Waals surface area contributed by atoms with E-state index in [2.05, 4.69) is 0 Å². The van der Waals surface area contributed by atoms with Crippen LogP contribution in [-0.4, -0.2) is 18.6 Å². The molecule has 0 saturated heterocycles. The van der Waals surface area contributed by atoms with Gasteiger partial charge in [-0.3, -0.25) is 0 Å². The maximum Gasteiger partial charge on any atom is 0.210 e. The molecule has 0 aliphatic carbocycles. The van der Waals surface area contributed by atoms with Crippen LogP contribution in [0.2, 0.25) is 0 Å². The summed E-state index contributed by atoms with van der Waals surface area (Å²) >= 11 is 0. The van der Waals surface area contributed by atoms with Gasteiger partial charge in [0.15, 0.2) is 0 Å². The molecular formula is C13H12O4S. The van der Waals surface area contributed by atoms with E-state index in [0.717, 1.165) is 6.07 Å². The third kappa shape index (κ3) is 2.04. The van der Waals surface area contributed by atoms with Crippen molar-refractivity contribution >= 4 is 9.84 Å². The van der Waals surface area contributed by atoms with Gasteiger partial charge in [0.2, 0.25) is 9.84 Å². The number of hydrogen-bond donors (Lipinski definition) is 2. The minimum absolute atomic E-state index is 0.0727. The summed E-state index contributed by atoms with van der Waals surface area (Å²) in [5.74, 6) is -0.531. The van der Waals surface area contributed by atoms with Crippen LogP contribution in [0.3, 0.4) is 0 Å². The van der Waals surface area contributed by atoms with Crippen LogP contribution in [0.1, 0.15) is 5.56 Å². The Morgan fingerprint density at radius 3 is 2.17 bits per heavy atom. The molecule has 0 unspecified atom stereocenters. The monoisotopic (exact) mass is 264 g/mol. The third-order valence-electron chi connectivity index (χ3n) is 2.62. The number of benzene rings is 2. The Morgan fingerprint density at radius 2 is 1.56 bits per heavy atom. The maximum atomic E-state index is 12.2. The van der Waals surface area contributed by atoms with Crippen LogP contribution in [0, 0.1) is 6.92 Å². The van der Waals surface area contributed by atoms with Gasteiger partial charge in [0.05, 0.1) is 4.90 Å². The second-order valence-corrected chi connectivity index (χ2v) is 5.84. The van der Waals surface area contributed by atoms with Gasteiger partial charge in [0.1, 0.15) is 16.4 Å². The van der Waals surface area contributed by atoms with Gasteiger partial charge in [-0.05, 0) is 30.7 Å². The average molecular weight is 264 g/mol. The smallest absolute Gasteiger partial charge is 0.210 e. The predicted molar refractivity (Wildman–Crippen MR) is 66.4 cm³/mol. The maximum absolute atomic E-state index is 12.2. The summed E-state index contributed by atoms with van der Waals surface area (Å²) in [5.41, 5.74) is 0.416. The van der Waals surface area contributed by atoms with Crippen molar-refractivity contribution in [1.29, 1.82) is 0 Å². The molecule has 0 aliphatic rings. The molecule has 0 spiro atoms. The summed E-state index contributed by atoms with van der Waals surface area (Å²) < 4.78 is 24.5. The third-order valence-corrected chi connectivity index (χ3v) is 4.42. The summed E-state index contributed by atoms with van der Waals surface area (Å²) in [7, 11) is -3.82. The van der Waals surface area contributed by atoms with E-state index in [9.17, 15) is 18.6 Å². The molecule has 2 aromatic carbocycles. The quantitative estimate of drug-likeness (QED) is 0.816. The molecule has 94 valence electrons. The first-order valence-electron chi connectivity index (χ1n) is 5.25. The van der Waals surface area contributed by atoms with Gasteiger partial charge in [-0.25, -0.2) is 8.42 Å². The molecule has 0 radical (unpaired) electrons. The second kappa shape index (κ2) is 4.34. The zero-order chi connectivity index (χ0) is 13.3. The predicted octanol–water partition coefficient (Wildman–Crippen LogP) is 2.24. The van der Waals surface area contributed by atoms with E-state index in [0.29, 0.717) is 5.56 Å². The van der Waals surface area contributed by atoms with Gasteiger partial charge < -0.3 is 10.2 Å². The Hall–Kier alpha value is -2.01. The first kappa shape index (κ1) is 12.4. The Kier molecular flexibility index (Phi) is 3.00. The van der Waals surface area contributed by atoms with Crippen LogP contribution in [0.25, 0.3) is 0 Å². The van der Waals surface area contributed by atoms with Gasteiger partial charge in [-0.1, -0.05) is 18.2 Å². The normalized spacial score (nSPS) is 11.4. The Labute approximate surface area is 105 Å². The van der Waals surface area contributed by atoms with Crippen molar-refractivity contribution in [3.63, 3.8) is 0 Å². The summed E-state index contributed by atoms with van der Waals surface area (Å²) in [6.07, 6.45) is 0. The molecule has 18 heavy (non-hydrogen) atoms. The Bertz CT molecular complexity index is 676. The standard InChI is InChI=1S/C13H12O4S/c1-9-7-12(15)13(8-11(9)14)18(16,17)10-5-3-2-4-6-10/h2-8,14-15H,1H3. The summed E-state index contributed by atoms with van der Waals surface area (Å²) in [6, 6.07) is 10.1. The fourth-order valence-corrected chi connectivity index (χ4v) is 2.97. The van der Waals surface area contributed by atoms with Crippen molar-refractivity contribution < 1.29 is 18.6 Å². The van der Waals surface area contributed by atoms with E-state index in [1.54, 1.807) is 25.1 Å². The molecule has 0 fully saturated rings. The number of phenols is 2. The van der Waals surface area contributed by atoms with Gasteiger partial charge in [-0.15, -0.1) is 0 Å². The first-order chi connectivity index (χ1) is 8.43. The Morgan fingerprint density at radius 1 is 0.944 bits per heavy atom. The van der Waals surface area contributed by atoms with Crippen molar-refractivity contribution in [2.24, 2.45) is 0 Å². The van der Waals surface area contributed by atoms with Crippen LogP contribution < -0.4 is 0 Å². The number of phenolic OH excluding ortho intramolecular Hbond substituents is 2. The van der Waals surface area contributed by atoms with Crippen LogP contribution in [0.4, 0.5) is 0 Å². The molecule has 0 aliphatic heterocycles. The first-order valence-corrected chi connectivity index (χ1v) is 6.74. The largest absolute Gasteiger partial charge is 0.508 e. The average Bonchev–Trinajstić information content (AvgIpc) is 2.34. The van der Waals surface area contributed by atoms with Crippen LogP contribution in [0.5, 0.6) is 11.5 Å². The van der Waals surface area contributed by atoms with E-state index >= 15 is 0 Å². The number of hydrogen-bond acceptors (Lipinski definition) is 4. The van der Waals surface area contributed by atoms with Crippen LogP contribution >= 0.6 is 0 Å². The van der Waals surface area contributed by atoms with E-state index in [4.69, 9.17) is 0 Å². The van der Waals surface area contributed by atoms with Gasteiger partial charge in [0.25, 0.3) is 0 Å². The molecular weight excluding hydrogens is 252 g/mol. The molecule has 2 rings (SSSR count). The Balaban J connectivity index is 2.66. The van der Waals surface area contributed by atoms with Crippen LogP contribution in [-0.2, 0) is 9.84 Å². The van der Waals surface area contributed by atoms with Gasteiger partial charge in [-0.2, -0.15) is 0 Å². The lowest BCUT2D eigenvalue weighted by molar-refractivity contribution is 0.442. The lowest BCUT2D eigenvalue weighted by atomic mass is 10.2. The molecule has 0 saturated carbocycles. The summed E-state index contributed by atoms with van der Waals surface area (Å²) in [4.78, 5) is -0.222. The minimum Gasteiger partial charge on any atom is -0.508 e. The summed E-state index contributed by atoms with van der Waals surface area (Å²) in [6.45, 7) is 1.58. The number of aryl methyl sites for hydroxylation is 1. The molecule has 4 nitrogen and oxygen atoms in total. The second-order valence-electron chi connectivity index (χ2n) is 3.92. The lowest BCUT2D eigenvalue weighted by Crippen LogP contribution is -2.02. The molecule has 0 atom stereocenters. The van der Waals surface area contributed by atoms with Crippen molar-refractivity contribution in [2.75, 3.05) is 0 Å². The fraction of sp³-hybridized carbons (Fsp3) is 0.0769. The molecule has 0 heterocycles. The van der Waals surface area contributed by atoms with Gasteiger partial charge in [0, 0.05) is 6.07 Å². The molecule has 2 N–H and O–H groups in total. The highest BCUT2D eigenvalue weighted by Gasteiger charge is 2.22. The SMILES string of the molecule is Cc1cc(O)c(S(=O)(=O)c2ccccc2)cc1O. The van der Waals surface area contributed by atoms with Gasteiger partial charge >= 0.3 is 0 Å². The highest BCUT2D eigenvalue weighted by molar-refractivity contribution is 7.91. The fourth-order valence-electron chi connectivity index (χ4n) is 1.60. The zero-order valence-electron chi connectivity index (χ0n) is 9.66. The van der Waals surface area contributed by atoms with E-state index in [-0.39, 0.29) is 21.3 Å². The molecule has 0 aromatic heterocycles. The molecule has 2 aromatic rings. The van der Waals surface area contributed by atoms with Crippen LogP contribution in [0.15, 0.2) is 52.3 Å². The van der Waals surface area contributed by atoms with Crippen molar-refractivity contribution in [3.05, 3.63) is 48.0 Å². The topological polar surface area (TPSA) is 74.6 Å². The van der Waals surface area contributed by atoms with Crippen molar-refractivity contribution in [1.82, 2.24) is 0 Å². The van der Waals surface area contributed by atoms with E-state index in [1.165, 1.54) is 18.2 Å². The number of aromatic hydroxyl groups is 2. The number of sulfone groups is 1. The minimum atomic E-state index is -3.82. The highest BCUT2D eigenvalue weighted by Crippen LogP contribution is 2.33. The van der Waals surface area contributed by atoms with Crippen molar-refractivity contribution in [2.45, 2.75) is 16.7 Å². The lowest BCUT2D eigenvalue weighted by Gasteiger charge is -2.08. The van der Waals surface area contributed by atoms with Crippen molar-refractivity contribution in [3.8, 4) is 11.5 Å². The zero-order valence-corrected chi connectivity index (χ0v) is 10.5. The van der Waals surface area contributed by atoms with E-state index < -0.39 is 9.84 Å². The molecule has 5 heteroatoms. The molecule has 0 bridgehead atoms. The number of rotatable bonds is 2. The highest BCUT2D eigenvalue weighted by atomic mass is 32.2.